The maximum absolute atomic E-state index is 13.0. The molecule has 0 fully saturated rings. The quantitative estimate of drug-likeness (QED) is 0.842. The van der Waals surface area contributed by atoms with E-state index >= 15 is 0 Å². The van der Waals surface area contributed by atoms with Gasteiger partial charge in [-0.05, 0) is 30.2 Å². The van der Waals surface area contributed by atoms with Gasteiger partial charge in [-0.2, -0.15) is 5.10 Å². The van der Waals surface area contributed by atoms with Crippen molar-refractivity contribution >= 4 is 11.9 Å². The van der Waals surface area contributed by atoms with Gasteiger partial charge in [-0.3, -0.25) is 14.3 Å². The van der Waals surface area contributed by atoms with Crippen molar-refractivity contribution in [1.82, 2.24) is 14.7 Å². The summed E-state index contributed by atoms with van der Waals surface area (Å²) in [4.78, 5) is 24.9. The summed E-state index contributed by atoms with van der Waals surface area (Å²) < 4.78 is 14.8. The van der Waals surface area contributed by atoms with Crippen molar-refractivity contribution < 1.29 is 24.2 Å². The zero-order valence-corrected chi connectivity index (χ0v) is 14.1. The summed E-state index contributed by atoms with van der Waals surface area (Å²) in [5.74, 6) is -1.76. The number of halogens is 1. The fourth-order valence-electron chi connectivity index (χ4n) is 3.03. The van der Waals surface area contributed by atoms with Crippen LogP contribution in [0.2, 0.25) is 0 Å². The highest BCUT2D eigenvalue weighted by Crippen LogP contribution is 2.21. The van der Waals surface area contributed by atoms with Crippen molar-refractivity contribution in [3.05, 3.63) is 53.1 Å². The molecule has 0 saturated carbocycles. The third-order valence-electron chi connectivity index (χ3n) is 4.39. The fraction of sp³-hybridized carbons (Fsp3) is 0.389. The summed E-state index contributed by atoms with van der Waals surface area (Å²) >= 11 is 0. The number of aryl methyl sites for hydroxylation is 2. The number of aliphatic hydroxyl groups excluding tert-OH is 1. The highest BCUT2D eigenvalue weighted by molar-refractivity contribution is 5.82. The van der Waals surface area contributed by atoms with Gasteiger partial charge >= 0.3 is 5.97 Å². The Bertz CT molecular complexity index is 803. The first kappa shape index (κ1) is 18.1. The second-order valence-corrected chi connectivity index (χ2v) is 6.31. The first-order valence-electron chi connectivity index (χ1n) is 8.44. The van der Waals surface area contributed by atoms with Gasteiger partial charge in [0.25, 0.3) is 5.91 Å². The Morgan fingerprint density at radius 2 is 1.96 bits per heavy atom. The zero-order chi connectivity index (χ0) is 18.7. The summed E-state index contributed by atoms with van der Waals surface area (Å²) in [5, 5.41) is 23.5. The Morgan fingerprint density at radius 1 is 1.23 bits per heavy atom. The van der Waals surface area contributed by atoms with E-state index < -0.39 is 23.8 Å². The second kappa shape index (κ2) is 7.65. The maximum atomic E-state index is 13.0. The Morgan fingerprint density at radius 3 is 2.65 bits per heavy atom. The number of aromatic nitrogens is 2. The Balaban J connectivity index is 1.72. The molecule has 2 aromatic rings. The number of carbonyl (C=O) groups is 2. The molecule has 0 spiro atoms. The molecule has 3 rings (SSSR count). The van der Waals surface area contributed by atoms with Gasteiger partial charge in [0.05, 0.1) is 24.4 Å². The molecule has 26 heavy (non-hydrogen) atoms. The van der Waals surface area contributed by atoms with Crippen molar-refractivity contribution in [2.75, 3.05) is 6.54 Å². The lowest BCUT2D eigenvalue weighted by Gasteiger charge is -2.23. The molecule has 0 aliphatic carbocycles. The number of aliphatic hydroxyl groups is 1. The standard InChI is InChI=1S/C18H20FN3O4/c19-13-4-2-12(3-5-13)17(25)18(26)21-8-1-9-22-15(11-21)10-14(20-22)6-7-16(23)24/h2-5,10,17,25H,1,6-9,11H2,(H,23,24)/t17-/m0/s1. The summed E-state index contributed by atoms with van der Waals surface area (Å²) in [6.45, 7) is 1.39. The SMILES string of the molecule is O=C(O)CCc1cc2n(n1)CCCN(C(=O)[C@@H](O)c1ccc(F)cc1)C2. The lowest BCUT2D eigenvalue weighted by molar-refractivity contribution is -0.141. The molecule has 2 N–H and O–H groups in total. The summed E-state index contributed by atoms with van der Waals surface area (Å²) in [5.41, 5.74) is 1.83. The topological polar surface area (TPSA) is 95.7 Å². The molecule has 0 unspecified atom stereocenters. The van der Waals surface area contributed by atoms with Gasteiger partial charge < -0.3 is 15.1 Å². The van der Waals surface area contributed by atoms with Gasteiger partial charge in [-0.1, -0.05) is 12.1 Å². The number of hydrogen-bond acceptors (Lipinski definition) is 4. The number of amides is 1. The maximum Gasteiger partial charge on any atom is 0.303 e. The minimum Gasteiger partial charge on any atom is -0.481 e. The van der Waals surface area contributed by atoms with Crippen LogP contribution in [0, 0.1) is 5.82 Å². The van der Waals surface area contributed by atoms with Crippen molar-refractivity contribution in [1.29, 1.82) is 0 Å². The van der Waals surface area contributed by atoms with E-state index in [1.54, 1.807) is 15.6 Å². The minimum absolute atomic E-state index is 0.00236. The van der Waals surface area contributed by atoms with Gasteiger partial charge in [-0.15, -0.1) is 0 Å². The summed E-state index contributed by atoms with van der Waals surface area (Å²) in [7, 11) is 0. The van der Waals surface area contributed by atoms with E-state index in [2.05, 4.69) is 5.10 Å². The van der Waals surface area contributed by atoms with Crippen LogP contribution in [-0.4, -0.2) is 43.3 Å². The molecular weight excluding hydrogens is 341 g/mol. The van der Waals surface area contributed by atoms with E-state index in [4.69, 9.17) is 5.11 Å². The minimum atomic E-state index is -1.35. The average Bonchev–Trinajstić information content (AvgIpc) is 2.89. The van der Waals surface area contributed by atoms with E-state index in [1.807, 2.05) is 0 Å². The largest absolute Gasteiger partial charge is 0.481 e. The lowest BCUT2D eigenvalue weighted by atomic mass is 10.1. The molecular formula is C18H20FN3O4. The third-order valence-corrected chi connectivity index (χ3v) is 4.39. The molecule has 1 atom stereocenters. The van der Waals surface area contributed by atoms with Crippen molar-refractivity contribution in [2.45, 2.75) is 38.5 Å². The van der Waals surface area contributed by atoms with Crippen LogP contribution in [0.3, 0.4) is 0 Å². The first-order chi connectivity index (χ1) is 12.4. The molecule has 2 heterocycles. The van der Waals surface area contributed by atoms with Crippen LogP contribution >= 0.6 is 0 Å². The molecule has 138 valence electrons. The van der Waals surface area contributed by atoms with Crippen LogP contribution in [0.25, 0.3) is 0 Å². The highest BCUT2D eigenvalue weighted by atomic mass is 19.1. The number of rotatable bonds is 5. The van der Waals surface area contributed by atoms with Gasteiger partial charge in [0, 0.05) is 19.5 Å². The van der Waals surface area contributed by atoms with Gasteiger partial charge in [0.15, 0.2) is 6.10 Å². The number of benzene rings is 1. The van der Waals surface area contributed by atoms with E-state index in [9.17, 15) is 19.1 Å². The number of aliphatic carboxylic acids is 1. The first-order valence-corrected chi connectivity index (χ1v) is 8.44. The molecule has 1 aliphatic rings. The predicted molar refractivity (Wildman–Crippen MR) is 89.6 cm³/mol. The third kappa shape index (κ3) is 4.08. The van der Waals surface area contributed by atoms with Gasteiger partial charge in [0.2, 0.25) is 0 Å². The Labute approximate surface area is 149 Å². The molecule has 1 aromatic carbocycles. The Hall–Kier alpha value is -2.74. The molecule has 0 bridgehead atoms. The van der Waals surface area contributed by atoms with Crippen LogP contribution in [0.5, 0.6) is 0 Å². The fourth-order valence-corrected chi connectivity index (χ4v) is 3.03. The number of carboxylic acid groups (broad SMARTS) is 1. The van der Waals surface area contributed by atoms with Crippen LogP contribution < -0.4 is 0 Å². The average molecular weight is 361 g/mol. The number of fused-ring (bicyclic) bond motifs is 1. The monoisotopic (exact) mass is 361 g/mol. The van der Waals surface area contributed by atoms with Crippen LogP contribution in [0.4, 0.5) is 4.39 Å². The molecule has 1 amide bonds. The molecule has 7 nitrogen and oxygen atoms in total. The van der Waals surface area contributed by atoms with E-state index in [1.165, 1.54) is 24.3 Å². The summed E-state index contributed by atoms with van der Waals surface area (Å²) in [6, 6.07) is 7.00. The predicted octanol–water partition coefficient (Wildman–Crippen LogP) is 1.51. The van der Waals surface area contributed by atoms with Crippen LogP contribution in [0.1, 0.15) is 35.9 Å². The van der Waals surface area contributed by atoms with Crippen molar-refractivity contribution in [3.8, 4) is 0 Å². The number of nitrogens with zero attached hydrogens (tertiary/aromatic N) is 3. The lowest BCUT2D eigenvalue weighted by Crippen LogP contribution is -2.34. The second-order valence-electron chi connectivity index (χ2n) is 6.31. The Kier molecular flexibility index (Phi) is 5.32. The number of carbonyl (C=O) groups excluding carboxylic acids is 1. The van der Waals surface area contributed by atoms with Gasteiger partial charge in [-0.25, -0.2) is 4.39 Å². The number of hydrogen-bond donors (Lipinski definition) is 2. The molecule has 1 aliphatic heterocycles. The van der Waals surface area contributed by atoms with Crippen LogP contribution in [-0.2, 0) is 29.1 Å². The van der Waals surface area contributed by atoms with Crippen molar-refractivity contribution in [2.24, 2.45) is 0 Å². The van der Waals surface area contributed by atoms with Gasteiger partial charge in [0.1, 0.15) is 5.82 Å². The van der Waals surface area contributed by atoms with E-state index in [0.717, 1.165) is 5.69 Å². The highest BCUT2D eigenvalue weighted by Gasteiger charge is 2.26. The van der Waals surface area contributed by atoms with Crippen molar-refractivity contribution in [3.63, 3.8) is 0 Å². The van der Waals surface area contributed by atoms with E-state index in [0.29, 0.717) is 37.2 Å². The normalized spacial score (nSPS) is 15.2. The summed E-state index contributed by atoms with van der Waals surface area (Å²) in [6.07, 6.45) is -0.338. The molecule has 0 radical (unpaired) electrons. The number of carboxylic acids is 1. The smallest absolute Gasteiger partial charge is 0.303 e. The molecule has 8 heteroatoms. The molecule has 0 saturated heterocycles. The van der Waals surface area contributed by atoms with E-state index in [-0.39, 0.29) is 13.0 Å². The molecule has 1 aromatic heterocycles. The van der Waals surface area contributed by atoms with Crippen LogP contribution in [0.15, 0.2) is 30.3 Å². The zero-order valence-electron chi connectivity index (χ0n) is 14.1.